The molecule has 0 bridgehead atoms. The molecule has 19 heavy (non-hydrogen) atoms. The van der Waals surface area contributed by atoms with E-state index in [4.69, 9.17) is 0 Å². The average molecular weight is 255 g/mol. The maximum Gasteiger partial charge on any atom is 0.123 e. The fourth-order valence-electron chi connectivity index (χ4n) is 3.00. The number of nitrogens with one attached hydrogen (secondary N) is 2. The van der Waals surface area contributed by atoms with Crippen LogP contribution in [0.15, 0.2) is 30.6 Å². The summed E-state index contributed by atoms with van der Waals surface area (Å²) in [7, 11) is 0. The van der Waals surface area contributed by atoms with E-state index in [0.717, 1.165) is 12.2 Å². The first-order chi connectivity index (χ1) is 9.28. The summed E-state index contributed by atoms with van der Waals surface area (Å²) < 4.78 is 0. The number of fused-ring (bicyclic) bond motifs is 1. The van der Waals surface area contributed by atoms with Crippen LogP contribution >= 0.6 is 0 Å². The van der Waals surface area contributed by atoms with Crippen LogP contribution in [0, 0.1) is 6.92 Å². The van der Waals surface area contributed by atoms with Gasteiger partial charge in [-0.1, -0.05) is 30.7 Å². The fourth-order valence-corrected chi connectivity index (χ4v) is 3.00. The van der Waals surface area contributed by atoms with Crippen LogP contribution < -0.4 is 5.32 Å². The van der Waals surface area contributed by atoms with Crippen LogP contribution in [-0.4, -0.2) is 9.97 Å². The van der Waals surface area contributed by atoms with Gasteiger partial charge in [0.2, 0.25) is 0 Å². The van der Waals surface area contributed by atoms with Gasteiger partial charge in [0, 0.05) is 18.4 Å². The SMILES string of the molecule is CCC(NC1CCc2ccc(C)cc21)c1ncc[nH]1. The van der Waals surface area contributed by atoms with Crippen molar-refractivity contribution in [1.82, 2.24) is 15.3 Å². The molecule has 2 aromatic rings. The lowest BCUT2D eigenvalue weighted by molar-refractivity contribution is 0.420. The van der Waals surface area contributed by atoms with Crippen LogP contribution in [0.25, 0.3) is 0 Å². The molecule has 2 N–H and O–H groups in total. The lowest BCUT2D eigenvalue weighted by Crippen LogP contribution is -2.25. The zero-order chi connectivity index (χ0) is 13.2. The standard InChI is InChI=1S/C16H21N3/c1-3-14(16-17-8-9-18-16)19-15-7-6-12-5-4-11(2)10-13(12)15/h4-5,8-10,14-15,19H,3,6-7H2,1-2H3,(H,17,18). The highest BCUT2D eigenvalue weighted by Gasteiger charge is 2.25. The number of hydrogen-bond acceptors (Lipinski definition) is 2. The number of aryl methyl sites for hydroxylation is 2. The molecule has 1 aromatic heterocycles. The number of benzene rings is 1. The predicted molar refractivity (Wildman–Crippen MR) is 77.0 cm³/mol. The van der Waals surface area contributed by atoms with Crippen molar-refractivity contribution in [2.75, 3.05) is 0 Å². The summed E-state index contributed by atoms with van der Waals surface area (Å²) in [5.74, 6) is 1.05. The first-order valence-electron chi connectivity index (χ1n) is 7.12. The quantitative estimate of drug-likeness (QED) is 0.878. The van der Waals surface area contributed by atoms with Crippen LogP contribution in [0.3, 0.4) is 0 Å². The van der Waals surface area contributed by atoms with Crippen LogP contribution in [0.2, 0.25) is 0 Å². The second-order valence-corrected chi connectivity index (χ2v) is 5.40. The summed E-state index contributed by atoms with van der Waals surface area (Å²) in [6.45, 7) is 4.37. The van der Waals surface area contributed by atoms with Crippen molar-refractivity contribution in [3.63, 3.8) is 0 Å². The number of nitrogens with zero attached hydrogens (tertiary/aromatic N) is 1. The molecule has 1 heterocycles. The molecular formula is C16H21N3. The van der Waals surface area contributed by atoms with E-state index in [2.05, 4.69) is 47.3 Å². The molecule has 2 unspecified atom stereocenters. The number of aromatic nitrogens is 2. The van der Waals surface area contributed by atoms with E-state index in [0.29, 0.717) is 12.1 Å². The van der Waals surface area contributed by atoms with Gasteiger partial charge in [-0.3, -0.25) is 0 Å². The van der Waals surface area contributed by atoms with Gasteiger partial charge in [0.25, 0.3) is 0 Å². The number of aromatic amines is 1. The molecule has 3 nitrogen and oxygen atoms in total. The van der Waals surface area contributed by atoms with Crippen LogP contribution in [0.5, 0.6) is 0 Å². The minimum atomic E-state index is 0.312. The van der Waals surface area contributed by atoms with Crippen molar-refractivity contribution < 1.29 is 0 Å². The summed E-state index contributed by atoms with van der Waals surface area (Å²) in [6.07, 6.45) is 7.14. The predicted octanol–water partition coefficient (Wildman–Crippen LogP) is 3.45. The van der Waals surface area contributed by atoms with Crippen molar-refractivity contribution in [2.24, 2.45) is 0 Å². The van der Waals surface area contributed by atoms with E-state index in [9.17, 15) is 0 Å². The van der Waals surface area contributed by atoms with Gasteiger partial charge in [-0.25, -0.2) is 4.98 Å². The molecule has 0 radical (unpaired) electrons. The van der Waals surface area contributed by atoms with Crippen molar-refractivity contribution in [3.05, 3.63) is 53.1 Å². The first kappa shape index (κ1) is 12.4. The Bertz CT molecular complexity index is 545. The van der Waals surface area contributed by atoms with Gasteiger partial charge in [-0.2, -0.15) is 0 Å². The largest absolute Gasteiger partial charge is 0.347 e. The minimum Gasteiger partial charge on any atom is -0.347 e. The van der Waals surface area contributed by atoms with E-state index in [1.54, 1.807) is 0 Å². The molecule has 0 aliphatic heterocycles. The molecule has 3 heteroatoms. The highest BCUT2D eigenvalue weighted by molar-refractivity contribution is 5.37. The van der Waals surface area contributed by atoms with Gasteiger partial charge in [0.05, 0.1) is 6.04 Å². The van der Waals surface area contributed by atoms with Gasteiger partial charge < -0.3 is 10.3 Å². The lowest BCUT2D eigenvalue weighted by atomic mass is 10.0. The summed E-state index contributed by atoms with van der Waals surface area (Å²) in [5, 5.41) is 3.76. The fraction of sp³-hybridized carbons (Fsp3) is 0.438. The van der Waals surface area contributed by atoms with Crippen molar-refractivity contribution in [1.29, 1.82) is 0 Å². The third kappa shape index (κ3) is 2.43. The summed E-state index contributed by atoms with van der Waals surface area (Å²) in [5.41, 5.74) is 4.32. The molecule has 3 rings (SSSR count). The topological polar surface area (TPSA) is 40.7 Å². The first-order valence-corrected chi connectivity index (χ1v) is 7.12. The van der Waals surface area contributed by atoms with E-state index in [1.807, 2.05) is 12.4 Å². The van der Waals surface area contributed by atoms with Crippen LogP contribution in [-0.2, 0) is 6.42 Å². The summed E-state index contributed by atoms with van der Waals surface area (Å²) >= 11 is 0. The van der Waals surface area contributed by atoms with Gasteiger partial charge in [-0.05, 0) is 37.3 Å². The average Bonchev–Trinajstić information content (AvgIpc) is 3.05. The Kier molecular flexibility index (Phi) is 3.38. The molecule has 1 aliphatic carbocycles. The highest BCUT2D eigenvalue weighted by atomic mass is 15.0. The molecule has 1 aliphatic rings. The second kappa shape index (κ2) is 5.17. The van der Waals surface area contributed by atoms with Gasteiger partial charge >= 0.3 is 0 Å². The Labute approximate surface area is 114 Å². The van der Waals surface area contributed by atoms with Crippen molar-refractivity contribution >= 4 is 0 Å². The Morgan fingerprint density at radius 1 is 1.47 bits per heavy atom. The van der Waals surface area contributed by atoms with Crippen LogP contribution in [0.1, 0.15) is 54.4 Å². The zero-order valence-electron chi connectivity index (χ0n) is 11.6. The van der Waals surface area contributed by atoms with E-state index < -0.39 is 0 Å². The van der Waals surface area contributed by atoms with Gasteiger partial charge in [0.1, 0.15) is 5.82 Å². The molecule has 0 spiro atoms. The van der Waals surface area contributed by atoms with E-state index in [1.165, 1.54) is 29.5 Å². The van der Waals surface area contributed by atoms with E-state index in [-0.39, 0.29) is 0 Å². The van der Waals surface area contributed by atoms with Crippen molar-refractivity contribution in [2.45, 2.75) is 45.2 Å². The third-order valence-electron chi connectivity index (χ3n) is 4.04. The zero-order valence-corrected chi connectivity index (χ0v) is 11.6. The molecule has 0 fully saturated rings. The molecule has 100 valence electrons. The molecular weight excluding hydrogens is 234 g/mol. The van der Waals surface area contributed by atoms with Gasteiger partial charge in [0.15, 0.2) is 0 Å². The normalized spacial score (nSPS) is 19.4. The third-order valence-corrected chi connectivity index (χ3v) is 4.04. The summed E-state index contributed by atoms with van der Waals surface area (Å²) in [6, 6.07) is 7.59. The number of H-pyrrole nitrogens is 1. The summed E-state index contributed by atoms with van der Waals surface area (Å²) in [4.78, 5) is 7.61. The number of rotatable bonds is 4. The molecule has 2 atom stereocenters. The maximum atomic E-state index is 4.38. The molecule has 0 saturated carbocycles. The lowest BCUT2D eigenvalue weighted by Gasteiger charge is -2.21. The molecule has 0 amide bonds. The Morgan fingerprint density at radius 2 is 2.37 bits per heavy atom. The minimum absolute atomic E-state index is 0.312. The van der Waals surface area contributed by atoms with Crippen molar-refractivity contribution in [3.8, 4) is 0 Å². The molecule has 1 aromatic carbocycles. The number of hydrogen-bond donors (Lipinski definition) is 2. The molecule has 0 saturated heterocycles. The second-order valence-electron chi connectivity index (χ2n) is 5.40. The highest BCUT2D eigenvalue weighted by Crippen LogP contribution is 2.33. The smallest absolute Gasteiger partial charge is 0.123 e. The monoisotopic (exact) mass is 255 g/mol. The van der Waals surface area contributed by atoms with Crippen LogP contribution in [0.4, 0.5) is 0 Å². The van der Waals surface area contributed by atoms with Gasteiger partial charge in [-0.15, -0.1) is 0 Å². The number of imidazole rings is 1. The Balaban J connectivity index is 1.80. The maximum absolute atomic E-state index is 4.38. The Hall–Kier alpha value is -1.61. The Morgan fingerprint density at radius 3 is 3.11 bits per heavy atom. The van der Waals surface area contributed by atoms with E-state index >= 15 is 0 Å².